The second-order valence-corrected chi connectivity index (χ2v) is 7.76. The normalized spacial score (nSPS) is 19.0. The molecule has 0 N–H and O–H groups in total. The summed E-state index contributed by atoms with van der Waals surface area (Å²) in [5, 5.41) is 0.620. The van der Waals surface area contributed by atoms with Gasteiger partial charge in [-0.15, -0.1) is 0 Å². The maximum Gasteiger partial charge on any atom is 0.133 e. The standard InChI is InChI=1S/C20H25ClN4/c1-14-7-8-16(19(21)23-14)12-25-10-9-18-17(13-25)11-22-20(24-18)15-5-3-2-4-6-15/h7-8,11,15H,2-6,9-10,12-13H2,1H3. The summed E-state index contributed by atoms with van der Waals surface area (Å²) in [4.78, 5) is 16.4. The number of pyridine rings is 1. The molecule has 0 radical (unpaired) electrons. The molecule has 5 heteroatoms. The van der Waals surface area contributed by atoms with Crippen LogP contribution in [0.15, 0.2) is 18.3 Å². The lowest BCUT2D eigenvalue weighted by Crippen LogP contribution is -2.31. The molecule has 0 aromatic carbocycles. The molecule has 0 bridgehead atoms. The van der Waals surface area contributed by atoms with Crippen LogP contribution in [0.2, 0.25) is 5.15 Å². The van der Waals surface area contributed by atoms with Crippen molar-refractivity contribution >= 4 is 11.6 Å². The molecule has 132 valence electrons. The highest BCUT2D eigenvalue weighted by molar-refractivity contribution is 6.30. The molecule has 1 fully saturated rings. The van der Waals surface area contributed by atoms with E-state index in [1.54, 1.807) is 0 Å². The van der Waals surface area contributed by atoms with Crippen LogP contribution >= 0.6 is 11.6 Å². The van der Waals surface area contributed by atoms with Gasteiger partial charge in [0.25, 0.3) is 0 Å². The van der Waals surface area contributed by atoms with Crippen LogP contribution in [-0.4, -0.2) is 26.4 Å². The van der Waals surface area contributed by atoms with Crippen molar-refractivity contribution in [1.82, 2.24) is 19.9 Å². The molecular formula is C20H25ClN4. The summed E-state index contributed by atoms with van der Waals surface area (Å²) in [6.45, 7) is 4.70. The Hall–Kier alpha value is -1.52. The summed E-state index contributed by atoms with van der Waals surface area (Å²) in [7, 11) is 0. The fraction of sp³-hybridized carbons (Fsp3) is 0.550. The van der Waals surface area contributed by atoms with Gasteiger partial charge in [0.1, 0.15) is 11.0 Å². The van der Waals surface area contributed by atoms with E-state index in [2.05, 4.69) is 22.1 Å². The minimum Gasteiger partial charge on any atom is -0.294 e. The number of hydrogen-bond donors (Lipinski definition) is 0. The average Bonchev–Trinajstić information content (AvgIpc) is 2.64. The topological polar surface area (TPSA) is 41.9 Å². The minimum absolute atomic E-state index is 0.578. The third-order valence-corrected chi connectivity index (χ3v) is 5.79. The molecule has 2 aromatic rings. The predicted molar refractivity (Wildman–Crippen MR) is 99.7 cm³/mol. The van der Waals surface area contributed by atoms with Crippen molar-refractivity contribution in [1.29, 1.82) is 0 Å². The summed E-state index contributed by atoms with van der Waals surface area (Å²) in [5.41, 5.74) is 4.57. The van der Waals surface area contributed by atoms with Crippen molar-refractivity contribution < 1.29 is 0 Å². The van der Waals surface area contributed by atoms with E-state index in [0.717, 1.165) is 43.1 Å². The van der Waals surface area contributed by atoms with E-state index in [-0.39, 0.29) is 0 Å². The maximum absolute atomic E-state index is 6.29. The van der Waals surface area contributed by atoms with Gasteiger partial charge in [-0.05, 0) is 25.8 Å². The summed E-state index contributed by atoms with van der Waals surface area (Å²) >= 11 is 6.29. The fourth-order valence-corrected chi connectivity index (χ4v) is 4.25. The Morgan fingerprint density at radius 2 is 2.00 bits per heavy atom. The van der Waals surface area contributed by atoms with Crippen molar-refractivity contribution in [3.05, 3.63) is 51.8 Å². The van der Waals surface area contributed by atoms with Crippen LogP contribution < -0.4 is 0 Å². The molecule has 0 spiro atoms. The molecule has 0 atom stereocenters. The molecule has 25 heavy (non-hydrogen) atoms. The van der Waals surface area contributed by atoms with Gasteiger partial charge in [0.2, 0.25) is 0 Å². The van der Waals surface area contributed by atoms with Gasteiger partial charge < -0.3 is 0 Å². The predicted octanol–water partition coefficient (Wildman–Crippen LogP) is 4.44. The van der Waals surface area contributed by atoms with Crippen LogP contribution in [0.25, 0.3) is 0 Å². The molecular weight excluding hydrogens is 332 g/mol. The lowest BCUT2D eigenvalue weighted by molar-refractivity contribution is 0.242. The second-order valence-electron chi connectivity index (χ2n) is 7.40. The van der Waals surface area contributed by atoms with E-state index in [9.17, 15) is 0 Å². The van der Waals surface area contributed by atoms with Crippen molar-refractivity contribution in [2.24, 2.45) is 0 Å². The zero-order valence-electron chi connectivity index (χ0n) is 14.8. The van der Waals surface area contributed by atoms with Crippen LogP contribution in [0.5, 0.6) is 0 Å². The first-order valence-corrected chi connectivity index (χ1v) is 9.76. The first-order chi connectivity index (χ1) is 12.2. The molecule has 4 rings (SSSR count). The highest BCUT2D eigenvalue weighted by Crippen LogP contribution is 2.31. The van der Waals surface area contributed by atoms with Crippen LogP contribution in [0.1, 0.15) is 66.4 Å². The Balaban J connectivity index is 1.46. The Labute approximate surface area is 154 Å². The summed E-state index contributed by atoms with van der Waals surface area (Å²) in [6, 6.07) is 4.11. The van der Waals surface area contributed by atoms with E-state index in [1.807, 2.05) is 13.0 Å². The average molecular weight is 357 g/mol. The summed E-state index contributed by atoms with van der Waals surface area (Å²) in [5.74, 6) is 1.66. The molecule has 2 aliphatic rings. The third kappa shape index (κ3) is 3.85. The SMILES string of the molecule is Cc1ccc(CN2CCc3nc(C4CCCCC4)ncc3C2)c(Cl)n1. The Bertz CT molecular complexity index is 755. The van der Waals surface area contributed by atoms with Crippen molar-refractivity contribution in [3.63, 3.8) is 0 Å². The van der Waals surface area contributed by atoms with E-state index in [4.69, 9.17) is 21.6 Å². The van der Waals surface area contributed by atoms with Gasteiger partial charge in [-0.2, -0.15) is 0 Å². The van der Waals surface area contributed by atoms with E-state index in [0.29, 0.717) is 11.1 Å². The van der Waals surface area contributed by atoms with Gasteiger partial charge in [-0.25, -0.2) is 15.0 Å². The maximum atomic E-state index is 6.29. The number of rotatable bonds is 3. The molecule has 0 amide bonds. The second kappa shape index (κ2) is 7.38. The monoisotopic (exact) mass is 356 g/mol. The molecule has 4 nitrogen and oxygen atoms in total. The molecule has 0 saturated heterocycles. The van der Waals surface area contributed by atoms with Gasteiger partial charge in [0.05, 0.1) is 0 Å². The number of halogens is 1. The number of aromatic nitrogens is 3. The largest absolute Gasteiger partial charge is 0.294 e. The summed E-state index contributed by atoms with van der Waals surface area (Å²) < 4.78 is 0. The van der Waals surface area contributed by atoms with E-state index < -0.39 is 0 Å². The lowest BCUT2D eigenvalue weighted by atomic mass is 9.88. The highest BCUT2D eigenvalue weighted by atomic mass is 35.5. The zero-order chi connectivity index (χ0) is 17.2. The van der Waals surface area contributed by atoms with Crippen molar-refractivity contribution in [3.8, 4) is 0 Å². The molecule has 1 saturated carbocycles. The van der Waals surface area contributed by atoms with Gasteiger partial charge >= 0.3 is 0 Å². The summed E-state index contributed by atoms with van der Waals surface area (Å²) in [6.07, 6.45) is 9.58. The highest BCUT2D eigenvalue weighted by Gasteiger charge is 2.23. The molecule has 1 aliphatic carbocycles. The Kier molecular flexibility index (Phi) is 5.00. The van der Waals surface area contributed by atoms with Crippen molar-refractivity contribution in [2.75, 3.05) is 6.54 Å². The number of hydrogen-bond acceptors (Lipinski definition) is 4. The minimum atomic E-state index is 0.578. The lowest BCUT2D eigenvalue weighted by Gasteiger charge is -2.29. The van der Waals surface area contributed by atoms with Crippen LogP contribution in [-0.2, 0) is 19.5 Å². The number of aryl methyl sites for hydroxylation is 1. The zero-order valence-corrected chi connectivity index (χ0v) is 15.6. The smallest absolute Gasteiger partial charge is 0.133 e. The van der Waals surface area contributed by atoms with E-state index >= 15 is 0 Å². The fourth-order valence-electron chi connectivity index (χ4n) is 4.00. The number of fused-ring (bicyclic) bond motifs is 1. The first kappa shape index (κ1) is 16.9. The number of nitrogens with zero attached hydrogens (tertiary/aromatic N) is 4. The van der Waals surface area contributed by atoms with Crippen LogP contribution in [0.4, 0.5) is 0 Å². The van der Waals surface area contributed by atoms with Gasteiger partial charge in [-0.3, -0.25) is 4.90 Å². The van der Waals surface area contributed by atoms with Gasteiger partial charge in [-0.1, -0.05) is 36.9 Å². The Morgan fingerprint density at radius 1 is 1.16 bits per heavy atom. The molecule has 0 unspecified atom stereocenters. The first-order valence-electron chi connectivity index (χ1n) is 9.38. The van der Waals surface area contributed by atoms with Gasteiger partial charge in [0.15, 0.2) is 0 Å². The quantitative estimate of drug-likeness (QED) is 0.762. The third-order valence-electron chi connectivity index (χ3n) is 5.46. The Morgan fingerprint density at radius 3 is 2.80 bits per heavy atom. The van der Waals surface area contributed by atoms with E-state index in [1.165, 1.54) is 43.4 Å². The molecule has 1 aliphatic heterocycles. The van der Waals surface area contributed by atoms with Crippen LogP contribution in [0, 0.1) is 6.92 Å². The van der Waals surface area contributed by atoms with Crippen LogP contribution in [0.3, 0.4) is 0 Å². The van der Waals surface area contributed by atoms with Crippen molar-refractivity contribution in [2.45, 2.75) is 64.5 Å². The molecule has 2 aromatic heterocycles. The van der Waals surface area contributed by atoms with Gasteiger partial charge in [0, 0.05) is 60.7 Å². The molecule has 3 heterocycles.